The maximum absolute atomic E-state index is 11.9. The molecule has 0 aromatic heterocycles. The Balaban J connectivity index is 2.31. The van der Waals surface area contributed by atoms with E-state index in [9.17, 15) is 4.79 Å². The summed E-state index contributed by atoms with van der Waals surface area (Å²) in [5, 5.41) is 1.00. The van der Waals surface area contributed by atoms with Gasteiger partial charge in [0.05, 0.1) is 0 Å². The normalized spacial score (nSPS) is 25.4. The van der Waals surface area contributed by atoms with Gasteiger partial charge in [-0.2, -0.15) is 0 Å². The first-order valence-electron chi connectivity index (χ1n) is 6.46. The molecule has 94 valence electrons. The van der Waals surface area contributed by atoms with Gasteiger partial charge in [-0.25, -0.2) is 0 Å². The average molecular weight is 290 g/mol. The second kappa shape index (κ2) is 7.31. The Morgan fingerprint density at radius 1 is 1.38 bits per heavy atom. The van der Waals surface area contributed by atoms with Crippen LogP contribution < -0.4 is 0 Å². The van der Waals surface area contributed by atoms with Crippen molar-refractivity contribution in [1.82, 2.24) is 4.90 Å². The minimum atomic E-state index is 0.333. The molecular weight excluding hydrogens is 266 g/mol. The average Bonchev–Trinajstić information content (AvgIpc) is 2.28. The van der Waals surface area contributed by atoms with E-state index in [2.05, 4.69) is 22.9 Å². The number of hydrogen-bond donors (Lipinski definition) is 0. The van der Waals surface area contributed by atoms with Gasteiger partial charge in [0, 0.05) is 24.8 Å². The molecule has 0 bridgehead atoms. The number of amides is 1. The van der Waals surface area contributed by atoms with E-state index in [1.165, 1.54) is 25.7 Å². The van der Waals surface area contributed by atoms with Crippen LogP contribution in [0, 0.1) is 5.92 Å². The number of halogens is 1. The Kier molecular flexibility index (Phi) is 6.40. The predicted molar refractivity (Wildman–Crippen MR) is 71.8 cm³/mol. The topological polar surface area (TPSA) is 20.3 Å². The third kappa shape index (κ3) is 4.44. The molecule has 0 aliphatic heterocycles. The number of unbranched alkanes of at least 4 members (excludes halogenated alkanes) is 1. The van der Waals surface area contributed by atoms with Crippen molar-refractivity contribution >= 4 is 21.8 Å². The van der Waals surface area contributed by atoms with Gasteiger partial charge in [0.1, 0.15) is 0 Å². The third-order valence-corrected chi connectivity index (χ3v) is 4.18. The highest BCUT2D eigenvalue weighted by Crippen LogP contribution is 2.27. The molecule has 2 unspecified atom stereocenters. The fourth-order valence-corrected chi connectivity index (χ4v) is 2.90. The van der Waals surface area contributed by atoms with Gasteiger partial charge in [0.15, 0.2) is 0 Å². The lowest BCUT2D eigenvalue weighted by Gasteiger charge is -2.34. The second-order valence-corrected chi connectivity index (χ2v) is 5.87. The molecule has 0 aromatic carbocycles. The van der Waals surface area contributed by atoms with Gasteiger partial charge >= 0.3 is 0 Å². The minimum absolute atomic E-state index is 0.333. The van der Waals surface area contributed by atoms with Crippen molar-refractivity contribution in [2.45, 2.75) is 57.9 Å². The zero-order chi connectivity index (χ0) is 12.0. The molecule has 16 heavy (non-hydrogen) atoms. The summed E-state index contributed by atoms with van der Waals surface area (Å²) in [6.07, 6.45) is 7.84. The van der Waals surface area contributed by atoms with Crippen molar-refractivity contribution in [2.75, 3.05) is 12.4 Å². The van der Waals surface area contributed by atoms with E-state index in [1.54, 1.807) is 0 Å². The smallest absolute Gasteiger partial charge is 0.222 e. The zero-order valence-corrected chi connectivity index (χ0v) is 12.1. The van der Waals surface area contributed by atoms with Crippen molar-refractivity contribution in [2.24, 2.45) is 5.92 Å². The Bertz CT molecular complexity index is 220. The van der Waals surface area contributed by atoms with Gasteiger partial charge in [-0.15, -0.1) is 0 Å². The summed E-state index contributed by atoms with van der Waals surface area (Å²) in [7, 11) is 1.99. The van der Waals surface area contributed by atoms with Gasteiger partial charge in [0.25, 0.3) is 0 Å². The van der Waals surface area contributed by atoms with Crippen LogP contribution in [-0.4, -0.2) is 29.2 Å². The third-order valence-electron chi connectivity index (χ3n) is 3.62. The van der Waals surface area contributed by atoms with Crippen LogP contribution in [0.1, 0.15) is 51.9 Å². The van der Waals surface area contributed by atoms with Crippen molar-refractivity contribution < 1.29 is 4.79 Å². The number of carbonyl (C=O) groups is 1. The summed E-state index contributed by atoms with van der Waals surface area (Å²) in [6.45, 7) is 2.30. The lowest BCUT2D eigenvalue weighted by molar-refractivity contribution is -0.132. The van der Waals surface area contributed by atoms with Crippen molar-refractivity contribution in [3.8, 4) is 0 Å². The van der Waals surface area contributed by atoms with Crippen molar-refractivity contribution in [3.05, 3.63) is 0 Å². The number of hydrogen-bond acceptors (Lipinski definition) is 1. The monoisotopic (exact) mass is 289 g/mol. The van der Waals surface area contributed by atoms with Crippen molar-refractivity contribution in [3.63, 3.8) is 0 Å². The lowest BCUT2D eigenvalue weighted by atomic mass is 9.86. The molecule has 1 saturated carbocycles. The molecular formula is C13H24BrNO. The molecule has 0 N–H and O–H groups in total. The first-order valence-corrected chi connectivity index (χ1v) is 7.59. The van der Waals surface area contributed by atoms with Gasteiger partial charge in [-0.3, -0.25) is 4.79 Å². The van der Waals surface area contributed by atoms with E-state index in [-0.39, 0.29) is 0 Å². The highest BCUT2D eigenvalue weighted by molar-refractivity contribution is 9.09. The Labute approximate surface area is 108 Å². The summed E-state index contributed by atoms with van der Waals surface area (Å²) < 4.78 is 0. The SMILES string of the molecule is CC1CCCC(N(C)C(=O)CCCCBr)C1. The maximum Gasteiger partial charge on any atom is 0.222 e. The highest BCUT2D eigenvalue weighted by atomic mass is 79.9. The van der Waals surface area contributed by atoms with E-state index >= 15 is 0 Å². The molecule has 1 fully saturated rings. The minimum Gasteiger partial charge on any atom is -0.343 e. The van der Waals surface area contributed by atoms with Crippen molar-refractivity contribution in [1.29, 1.82) is 0 Å². The Morgan fingerprint density at radius 3 is 2.75 bits per heavy atom. The Hall–Kier alpha value is -0.0500. The molecule has 1 aliphatic carbocycles. The zero-order valence-electron chi connectivity index (χ0n) is 10.5. The fraction of sp³-hybridized carbons (Fsp3) is 0.923. The first-order chi connectivity index (χ1) is 7.65. The summed E-state index contributed by atoms with van der Waals surface area (Å²) in [5.74, 6) is 1.12. The standard InChI is InChI=1S/C13H24BrNO/c1-11-6-5-7-12(10-11)15(2)13(16)8-3-4-9-14/h11-12H,3-10H2,1-2H3. The van der Waals surface area contributed by atoms with E-state index in [4.69, 9.17) is 0 Å². The quantitative estimate of drug-likeness (QED) is 0.560. The molecule has 0 saturated heterocycles. The summed E-state index contributed by atoms with van der Waals surface area (Å²) in [5.41, 5.74) is 0. The molecule has 1 aliphatic rings. The van der Waals surface area contributed by atoms with Crippen LogP contribution in [0.2, 0.25) is 0 Å². The molecule has 0 aromatic rings. The van der Waals surface area contributed by atoms with Crippen LogP contribution in [0.3, 0.4) is 0 Å². The maximum atomic E-state index is 11.9. The molecule has 0 heterocycles. The van der Waals surface area contributed by atoms with Crippen LogP contribution in [-0.2, 0) is 4.79 Å². The van der Waals surface area contributed by atoms with Crippen LogP contribution in [0.25, 0.3) is 0 Å². The number of alkyl halides is 1. The summed E-state index contributed by atoms with van der Waals surface area (Å²) >= 11 is 3.40. The van der Waals surface area contributed by atoms with E-state index in [0.29, 0.717) is 18.4 Å². The van der Waals surface area contributed by atoms with E-state index < -0.39 is 0 Å². The van der Waals surface area contributed by atoms with Gasteiger partial charge in [-0.05, 0) is 31.6 Å². The second-order valence-electron chi connectivity index (χ2n) is 5.08. The van der Waals surface area contributed by atoms with Crippen LogP contribution >= 0.6 is 15.9 Å². The largest absolute Gasteiger partial charge is 0.343 e. The molecule has 1 amide bonds. The van der Waals surface area contributed by atoms with E-state index in [0.717, 1.165) is 24.1 Å². The predicted octanol–water partition coefficient (Wildman–Crippen LogP) is 3.59. The number of rotatable bonds is 5. The van der Waals surface area contributed by atoms with E-state index in [1.807, 2.05) is 11.9 Å². The Morgan fingerprint density at radius 2 is 2.12 bits per heavy atom. The number of carbonyl (C=O) groups excluding carboxylic acids is 1. The molecule has 1 rings (SSSR count). The molecule has 0 radical (unpaired) electrons. The van der Waals surface area contributed by atoms with Gasteiger partial charge in [-0.1, -0.05) is 35.7 Å². The van der Waals surface area contributed by atoms with Crippen LogP contribution in [0.15, 0.2) is 0 Å². The van der Waals surface area contributed by atoms with Gasteiger partial charge < -0.3 is 4.90 Å². The number of nitrogens with zero attached hydrogens (tertiary/aromatic N) is 1. The summed E-state index contributed by atoms with van der Waals surface area (Å²) in [4.78, 5) is 13.9. The molecule has 0 spiro atoms. The lowest BCUT2D eigenvalue weighted by Crippen LogP contribution is -2.39. The first kappa shape index (κ1) is 14.0. The highest BCUT2D eigenvalue weighted by Gasteiger charge is 2.24. The fourth-order valence-electron chi connectivity index (χ4n) is 2.50. The van der Waals surface area contributed by atoms with Crippen LogP contribution in [0.4, 0.5) is 0 Å². The summed E-state index contributed by atoms with van der Waals surface area (Å²) in [6, 6.07) is 0.500. The molecule has 2 atom stereocenters. The molecule has 2 nitrogen and oxygen atoms in total. The van der Waals surface area contributed by atoms with Gasteiger partial charge in [0.2, 0.25) is 5.91 Å². The van der Waals surface area contributed by atoms with Crippen LogP contribution in [0.5, 0.6) is 0 Å². The molecule has 3 heteroatoms.